The summed E-state index contributed by atoms with van der Waals surface area (Å²) in [6, 6.07) is 0. The summed E-state index contributed by atoms with van der Waals surface area (Å²) in [6.45, 7) is 10.7. The molecular weight excluding hydrogens is 324 g/mol. The summed E-state index contributed by atoms with van der Waals surface area (Å²) in [5.74, 6) is 3.01. The van der Waals surface area contributed by atoms with E-state index in [2.05, 4.69) is 57.6 Å². The maximum Gasteiger partial charge on any atom is 0.106 e. The molecule has 0 aromatic carbocycles. The van der Waals surface area contributed by atoms with E-state index in [9.17, 15) is 0 Å². The first-order chi connectivity index (χ1) is 12.4. The Balaban J connectivity index is 1.51. The molecule has 0 saturated heterocycles. The number of aromatic amines is 3. The van der Waals surface area contributed by atoms with Crippen LogP contribution >= 0.6 is 0 Å². The second kappa shape index (κ2) is 7.89. The van der Waals surface area contributed by atoms with Crippen molar-refractivity contribution in [3.05, 3.63) is 52.6 Å². The summed E-state index contributed by atoms with van der Waals surface area (Å²) in [6.07, 6.45) is 7.75. The molecule has 3 aromatic heterocycles. The van der Waals surface area contributed by atoms with Gasteiger partial charge in [0, 0.05) is 42.0 Å². The highest BCUT2D eigenvalue weighted by Gasteiger charge is 2.14. The fourth-order valence-corrected chi connectivity index (χ4v) is 3.36. The zero-order valence-electron chi connectivity index (χ0n) is 16.5. The number of nitrogens with zero attached hydrogens (tertiary/aromatic N) is 3. The van der Waals surface area contributed by atoms with Crippen LogP contribution in [0.4, 0.5) is 0 Å². The number of H-pyrrole nitrogens is 3. The van der Waals surface area contributed by atoms with Crippen molar-refractivity contribution in [3.8, 4) is 0 Å². The van der Waals surface area contributed by atoms with E-state index in [-0.39, 0.29) is 0 Å². The molecule has 0 aliphatic heterocycles. The lowest BCUT2D eigenvalue weighted by atomic mass is 10.0. The highest BCUT2D eigenvalue weighted by Crippen LogP contribution is 2.23. The molecule has 0 bridgehead atoms. The van der Waals surface area contributed by atoms with Gasteiger partial charge in [-0.3, -0.25) is 0 Å². The number of hydrogen-bond donors (Lipinski definition) is 3. The Morgan fingerprint density at radius 2 is 1.62 bits per heavy atom. The van der Waals surface area contributed by atoms with Gasteiger partial charge in [-0.25, -0.2) is 15.0 Å². The van der Waals surface area contributed by atoms with E-state index in [1.54, 1.807) is 6.33 Å². The predicted octanol–water partition coefficient (Wildman–Crippen LogP) is 4.25. The first-order valence-corrected chi connectivity index (χ1v) is 9.49. The van der Waals surface area contributed by atoms with E-state index in [1.165, 1.54) is 5.69 Å². The molecule has 6 heteroatoms. The van der Waals surface area contributed by atoms with Gasteiger partial charge in [-0.05, 0) is 39.5 Å². The Morgan fingerprint density at radius 1 is 0.885 bits per heavy atom. The van der Waals surface area contributed by atoms with Crippen LogP contribution in [0.1, 0.15) is 78.6 Å². The van der Waals surface area contributed by atoms with Crippen LogP contribution in [0.2, 0.25) is 0 Å². The Labute approximate surface area is 155 Å². The maximum atomic E-state index is 4.58. The molecule has 0 saturated carbocycles. The third kappa shape index (κ3) is 4.23. The second-order valence-corrected chi connectivity index (χ2v) is 7.47. The van der Waals surface area contributed by atoms with E-state index >= 15 is 0 Å². The van der Waals surface area contributed by atoms with Gasteiger partial charge in [0.25, 0.3) is 0 Å². The molecule has 0 spiro atoms. The first-order valence-electron chi connectivity index (χ1n) is 9.49. The van der Waals surface area contributed by atoms with Gasteiger partial charge in [0.05, 0.1) is 17.7 Å². The summed E-state index contributed by atoms with van der Waals surface area (Å²) in [5.41, 5.74) is 5.79. The molecule has 0 aliphatic rings. The number of imidazole rings is 3. The second-order valence-electron chi connectivity index (χ2n) is 7.47. The van der Waals surface area contributed by atoms with Crippen molar-refractivity contribution < 1.29 is 0 Å². The fraction of sp³-hybridized carbons (Fsp3) is 0.550. The highest BCUT2D eigenvalue weighted by molar-refractivity contribution is 5.15. The smallest absolute Gasteiger partial charge is 0.106 e. The van der Waals surface area contributed by atoms with Crippen LogP contribution in [0.15, 0.2) is 12.5 Å². The van der Waals surface area contributed by atoms with E-state index in [0.717, 1.165) is 60.1 Å². The van der Waals surface area contributed by atoms with Gasteiger partial charge >= 0.3 is 0 Å². The normalized spacial score (nSPS) is 13.9. The largest absolute Gasteiger partial charge is 0.348 e. The molecule has 6 nitrogen and oxygen atoms in total. The average Bonchev–Trinajstić information content (AvgIpc) is 3.32. The van der Waals surface area contributed by atoms with E-state index in [1.807, 2.05) is 13.1 Å². The lowest BCUT2D eigenvalue weighted by molar-refractivity contribution is 0.633. The zero-order valence-corrected chi connectivity index (χ0v) is 16.5. The molecule has 3 heterocycles. The zero-order chi connectivity index (χ0) is 18.7. The van der Waals surface area contributed by atoms with Crippen LogP contribution in [0.3, 0.4) is 0 Å². The third-order valence-corrected chi connectivity index (χ3v) is 5.32. The van der Waals surface area contributed by atoms with E-state index < -0.39 is 0 Å². The molecule has 0 aliphatic carbocycles. The van der Waals surface area contributed by atoms with E-state index in [4.69, 9.17) is 0 Å². The summed E-state index contributed by atoms with van der Waals surface area (Å²) < 4.78 is 0. The van der Waals surface area contributed by atoms with Crippen LogP contribution in [0.5, 0.6) is 0 Å². The minimum Gasteiger partial charge on any atom is -0.348 e. The van der Waals surface area contributed by atoms with Crippen LogP contribution in [0.25, 0.3) is 0 Å². The number of rotatable bonds is 8. The number of hydrogen-bond acceptors (Lipinski definition) is 3. The number of nitrogens with one attached hydrogen (secondary N) is 3. The van der Waals surface area contributed by atoms with Crippen LogP contribution in [0, 0.1) is 20.8 Å². The van der Waals surface area contributed by atoms with Gasteiger partial charge in [-0.1, -0.05) is 13.8 Å². The van der Waals surface area contributed by atoms with Crippen molar-refractivity contribution in [1.82, 2.24) is 29.9 Å². The molecule has 3 N–H and O–H groups in total. The minimum absolute atomic E-state index is 0.428. The van der Waals surface area contributed by atoms with Crippen LogP contribution < -0.4 is 0 Å². The Kier molecular flexibility index (Phi) is 5.59. The lowest BCUT2D eigenvalue weighted by Gasteiger charge is -2.09. The van der Waals surface area contributed by atoms with Crippen LogP contribution in [-0.2, 0) is 12.8 Å². The summed E-state index contributed by atoms with van der Waals surface area (Å²) in [7, 11) is 0. The predicted molar refractivity (Wildman–Crippen MR) is 103 cm³/mol. The summed E-state index contributed by atoms with van der Waals surface area (Å²) in [4.78, 5) is 23.6. The molecule has 2 atom stereocenters. The van der Waals surface area contributed by atoms with Crippen molar-refractivity contribution >= 4 is 0 Å². The van der Waals surface area contributed by atoms with Gasteiger partial charge in [-0.15, -0.1) is 0 Å². The van der Waals surface area contributed by atoms with Gasteiger partial charge in [0.2, 0.25) is 0 Å². The molecule has 140 valence electrons. The Bertz CT molecular complexity index is 821. The molecule has 3 rings (SSSR count). The molecule has 0 amide bonds. The first kappa shape index (κ1) is 18.4. The monoisotopic (exact) mass is 354 g/mol. The fourth-order valence-electron chi connectivity index (χ4n) is 3.36. The summed E-state index contributed by atoms with van der Waals surface area (Å²) in [5, 5.41) is 0. The lowest BCUT2D eigenvalue weighted by Crippen LogP contribution is -2.01. The van der Waals surface area contributed by atoms with Crippen molar-refractivity contribution in [2.24, 2.45) is 0 Å². The van der Waals surface area contributed by atoms with Gasteiger partial charge in [0.1, 0.15) is 11.6 Å². The number of aromatic nitrogens is 6. The molecular formula is C20H30N6. The average molecular weight is 355 g/mol. The van der Waals surface area contributed by atoms with Crippen molar-refractivity contribution in [2.75, 3.05) is 0 Å². The van der Waals surface area contributed by atoms with E-state index in [0.29, 0.717) is 11.8 Å². The highest BCUT2D eigenvalue weighted by atomic mass is 14.9. The standard InChI is InChI=1S/C20H30N6/c1-12(6-9-19-24-14(3)15(4)25-19)17-10-21-18(26-17)8-7-13(2)20-16(5)22-11-23-20/h10-13H,6-9H2,1-5H3,(H,21,26)(H,22,23)(H,24,25). The summed E-state index contributed by atoms with van der Waals surface area (Å²) >= 11 is 0. The van der Waals surface area contributed by atoms with Crippen LogP contribution in [-0.4, -0.2) is 29.9 Å². The molecule has 3 aromatic rings. The van der Waals surface area contributed by atoms with Gasteiger partial charge in [-0.2, -0.15) is 0 Å². The molecule has 0 radical (unpaired) electrons. The molecule has 2 unspecified atom stereocenters. The van der Waals surface area contributed by atoms with Crippen molar-refractivity contribution in [3.63, 3.8) is 0 Å². The minimum atomic E-state index is 0.428. The molecule has 26 heavy (non-hydrogen) atoms. The van der Waals surface area contributed by atoms with Gasteiger partial charge < -0.3 is 15.0 Å². The van der Waals surface area contributed by atoms with Crippen molar-refractivity contribution in [2.45, 2.75) is 72.1 Å². The quantitative estimate of drug-likeness (QED) is 0.565. The van der Waals surface area contributed by atoms with Crippen molar-refractivity contribution in [1.29, 1.82) is 0 Å². The Hall–Kier alpha value is -2.37. The topological polar surface area (TPSA) is 86.0 Å². The number of aryl methyl sites for hydroxylation is 5. The molecule has 0 fully saturated rings. The van der Waals surface area contributed by atoms with Gasteiger partial charge in [0.15, 0.2) is 0 Å². The SMILES string of the molecule is Cc1nc(CCC(C)c2cnc(CCC(C)c3nc[nH]c3C)[nH]2)[nH]c1C. The third-order valence-electron chi connectivity index (χ3n) is 5.32. The Morgan fingerprint density at radius 3 is 2.27 bits per heavy atom. The maximum absolute atomic E-state index is 4.58.